The van der Waals surface area contributed by atoms with Gasteiger partial charge in [0.05, 0.1) is 0 Å². The zero-order chi connectivity index (χ0) is 15.5. The number of hydrogen-bond donors (Lipinski definition) is 2. The van der Waals surface area contributed by atoms with E-state index in [0.717, 1.165) is 24.3 Å². The number of nitrogens with one attached hydrogen (secondary N) is 2. The minimum Gasteiger partial charge on any atom is -0.368 e. The van der Waals surface area contributed by atoms with Crippen molar-refractivity contribution in [1.82, 2.24) is 5.32 Å². The number of hydrogen-bond acceptors (Lipinski definition) is 3. The third-order valence-electron chi connectivity index (χ3n) is 4.20. The van der Waals surface area contributed by atoms with E-state index >= 15 is 0 Å². The van der Waals surface area contributed by atoms with Gasteiger partial charge in [-0.05, 0) is 43.0 Å². The SMILES string of the molecule is COC1(C(=O)Nc2ccccc2C(C)(C)C)CCNCC1.Cl. The third-order valence-corrected chi connectivity index (χ3v) is 4.20. The Labute approximate surface area is 139 Å². The van der Waals surface area contributed by atoms with Gasteiger partial charge in [0, 0.05) is 12.8 Å². The molecule has 0 bridgehead atoms. The minimum atomic E-state index is -0.712. The van der Waals surface area contributed by atoms with Gasteiger partial charge in [0.1, 0.15) is 5.60 Å². The molecule has 124 valence electrons. The van der Waals surface area contributed by atoms with Crippen molar-refractivity contribution in [3.63, 3.8) is 0 Å². The van der Waals surface area contributed by atoms with Gasteiger partial charge in [-0.15, -0.1) is 12.4 Å². The third kappa shape index (κ3) is 4.00. The summed E-state index contributed by atoms with van der Waals surface area (Å²) in [6, 6.07) is 7.99. The highest BCUT2D eigenvalue weighted by molar-refractivity contribution is 5.98. The van der Waals surface area contributed by atoms with E-state index in [4.69, 9.17) is 4.74 Å². The summed E-state index contributed by atoms with van der Waals surface area (Å²) in [5.41, 5.74) is 1.29. The molecule has 1 aromatic carbocycles. The quantitative estimate of drug-likeness (QED) is 0.897. The summed E-state index contributed by atoms with van der Waals surface area (Å²) in [5, 5.41) is 6.36. The first-order chi connectivity index (χ1) is 9.89. The van der Waals surface area contributed by atoms with Gasteiger partial charge in [-0.1, -0.05) is 39.0 Å². The highest BCUT2D eigenvalue weighted by Crippen LogP contribution is 2.31. The number of anilines is 1. The number of amides is 1. The first-order valence-corrected chi connectivity index (χ1v) is 7.56. The van der Waals surface area contributed by atoms with Gasteiger partial charge in [0.25, 0.3) is 5.91 Å². The monoisotopic (exact) mass is 326 g/mol. The van der Waals surface area contributed by atoms with Crippen molar-refractivity contribution < 1.29 is 9.53 Å². The van der Waals surface area contributed by atoms with Crippen LogP contribution < -0.4 is 10.6 Å². The van der Waals surface area contributed by atoms with Crippen LogP contribution in [0, 0.1) is 0 Å². The van der Waals surface area contributed by atoms with Gasteiger partial charge >= 0.3 is 0 Å². The normalized spacial score (nSPS) is 17.5. The van der Waals surface area contributed by atoms with Crippen LogP contribution in [0.5, 0.6) is 0 Å². The van der Waals surface area contributed by atoms with Crippen molar-refractivity contribution >= 4 is 24.0 Å². The Bertz CT molecular complexity index is 506. The summed E-state index contributed by atoms with van der Waals surface area (Å²) in [6.07, 6.45) is 1.40. The fourth-order valence-corrected chi connectivity index (χ4v) is 2.84. The standard InChI is InChI=1S/C17H26N2O2.ClH/c1-16(2,3)13-7-5-6-8-14(13)19-15(20)17(21-4)9-11-18-12-10-17;/h5-8,18H,9-12H2,1-4H3,(H,19,20);1H. The average molecular weight is 327 g/mol. The zero-order valence-corrected chi connectivity index (χ0v) is 14.7. The highest BCUT2D eigenvalue weighted by Gasteiger charge is 2.40. The lowest BCUT2D eigenvalue weighted by Crippen LogP contribution is -2.51. The van der Waals surface area contributed by atoms with Gasteiger partial charge in [-0.25, -0.2) is 0 Å². The van der Waals surface area contributed by atoms with Crippen molar-refractivity contribution in [3.8, 4) is 0 Å². The molecule has 22 heavy (non-hydrogen) atoms. The summed E-state index contributed by atoms with van der Waals surface area (Å²) in [6.45, 7) is 8.06. The Hall–Kier alpha value is -1.10. The summed E-state index contributed by atoms with van der Waals surface area (Å²) in [7, 11) is 1.63. The topological polar surface area (TPSA) is 50.4 Å². The van der Waals surface area contributed by atoms with Crippen molar-refractivity contribution in [3.05, 3.63) is 29.8 Å². The van der Waals surface area contributed by atoms with E-state index < -0.39 is 5.60 Å². The Morgan fingerprint density at radius 3 is 2.36 bits per heavy atom. The molecule has 0 spiro atoms. The Morgan fingerprint density at radius 1 is 1.23 bits per heavy atom. The summed E-state index contributed by atoms with van der Waals surface area (Å²) in [4.78, 5) is 12.7. The number of ether oxygens (including phenoxy) is 1. The predicted molar refractivity (Wildman–Crippen MR) is 92.9 cm³/mol. The molecule has 0 aromatic heterocycles. The second-order valence-electron chi connectivity index (χ2n) is 6.70. The molecular formula is C17H27ClN2O2. The van der Waals surface area contributed by atoms with E-state index in [2.05, 4.69) is 37.5 Å². The molecule has 1 aliphatic rings. The predicted octanol–water partition coefficient (Wildman–Crippen LogP) is 3.11. The van der Waals surface area contributed by atoms with Gasteiger partial charge in [-0.2, -0.15) is 0 Å². The Kier molecular flexibility index (Phi) is 6.41. The fraction of sp³-hybridized carbons (Fsp3) is 0.588. The molecule has 5 heteroatoms. The molecule has 2 rings (SSSR count). The number of piperidine rings is 1. The average Bonchev–Trinajstić information content (AvgIpc) is 2.47. The van der Waals surface area contributed by atoms with Crippen LogP contribution >= 0.6 is 12.4 Å². The van der Waals surface area contributed by atoms with E-state index in [9.17, 15) is 4.79 Å². The molecule has 0 aliphatic carbocycles. The van der Waals surface area contributed by atoms with Crippen molar-refractivity contribution in [2.24, 2.45) is 0 Å². The zero-order valence-electron chi connectivity index (χ0n) is 13.9. The molecule has 4 nitrogen and oxygen atoms in total. The second-order valence-corrected chi connectivity index (χ2v) is 6.70. The van der Waals surface area contributed by atoms with Crippen LogP contribution in [0.3, 0.4) is 0 Å². The van der Waals surface area contributed by atoms with Gasteiger partial charge < -0.3 is 15.4 Å². The molecule has 1 fully saturated rings. The molecule has 0 radical (unpaired) electrons. The molecule has 1 amide bonds. The molecule has 1 heterocycles. The van der Waals surface area contributed by atoms with Crippen molar-refractivity contribution in [2.45, 2.75) is 44.6 Å². The number of benzene rings is 1. The molecule has 1 saturated heterocycles. The Balaban J connectivity index is 0.00000242. The van der Waals surface area contributed by atoms with Gasteiger partial charge in [-0.3, -0.25) is 4.79 Å². The number of halogens is 1. The van der Waals surface area contributed by atoms with Crippen molar-refractivity contribution in [2.75, 3.05) is 25.5 Å². The summed E-state index contributed by atoms with van der Waals surface area (Å²) in [5.74, 6) is -0.0387. The van der Waals surface area contributed by atoms with Crippen LogP contribution in [-0.4, -0.2) is 31.7 Å². The maximum atomic E-state index is 12.7. The first-order valence-electron chi connectivity index (χ1n) is 7.56. The molecule has 2 N–H and O–H groups in total. The molecule has 0 unspecified atom stereocenters. The number of para-hydroxylation sites is 1. The number of methoxy groups -OCH3 is 1. The van der Waals surface area contributed by atoms with Crippen LogP contribution in [0.2, 0.25) is 0 Å². The first kappa shape index (κ1) is 18.9. The fourth-order valence-electron chi connectivity index (χ4n) is 2.84. The summed E-state index contributed by atoms with van der Waals surface area (Å²) >= 11 is 0. The molecule has 1 aliphatic heterocycles. The van der Waals surface area contributed by atoms with Crippen LogP contribution in [0.1, 0.15) is 39.2 Å². The Morgan fingerprint density at radius 2 is 1.82 bits per heavy atom. The van der Waals surface area contributed by atoms with E-state index in [1.165, 1.54) is 0 Å². The van der Waals surface area contributed by atoms with Crippen molar-refractivity contribution in [1.29, 1.82) is 0 Å². The van der Waals surface area contributed by atoms with Crippen LogP contribution in [-0.2, 0) is 14.9 Å². The minimum absolute atomic E-state index is 0. The lowest BCUT2D eigenvalue weighted by Gasteiger charge is -2.35. The lowest BCUT2D eigenvalue weighted by molar-refractivity contribution is -0.140. The van der Waals surface area contributed by atoms with Crippen LogP contribution in [0.4, 0.5) is 5.69 Å². The second kappa shape index (κ2) is 7.44. The number of rotatable bonds is 3. The van der Waals surface area contributed by atoms with Crippen LogP contribution in [0.15, 0.2) is 24.3 Å². The maximum absolute atomic E-state index is 12.7. The van der Waals surface area contributed by atoms with E-state index in [1.54, 1.807) is 7.11 Å². The maximum Gasteiger partial charge on any atom is 0.256 e. The summed E-state index contributed by atoms with van der Waals surface area (Å²) < 4.78 is 5.59. The van der Waals surface area contributed by atoms with E-state index in [0.29, 0.717) is 12.8 Å². The largest absolute Gasteiger partial charge is 0.368 e. The molecule has 0 atom stereocenters. The highest BCUT2D eigenvalue weighted by atomic mass is 35.5. The molecule has 1 aromatic rings. The van der Waals surface area contributed by atoms with Gasteiger partial charge in [0.2, 0.25) is 0 Å². The van der Waals surface area contributed by atoms with E-state index in [-0.39, 0.29) is 23.7 Å². The number of carbonyl (C=O) groups excluding carboxylic acids is 1. The smallest absolute Gasteiger partial charge is 0.256 e. The molecule has 0 saturated carbocycles. The van der Waals surface area contributed by atoms with Crippen LogP contribution in [0.25, 0.3) is 0 Å². The van der Waals surface area contributed by atoms with E-state index in [1.807, 2.05) is 18.2 Å². The molecular weight excluding hydrogens is 300 g/mol. The van der Waals surface area contributed by atoms with Gasteiger partial charge in [0.15, 0.2) is 0 Å². The number of carbonyl (C=O) groups is 1. The lowest BCUT2D eigenvalue weighted by atomic mass is 9.85.